The van der Waals surface area contributed by atoms with Gasteiger partial charge in [0.15, 0.2) is 4.34 Å². The number of nitrogens with one attached hydrogen (secondary N) is 1. The van der Waals surface area contributed by atoms with Gasteiger partial charge in [0.25, 0.3) is 0 Å². The van der Waals surface area contributed by atoms with Crippen LogP contribution >= 0.6 is 23.1 Å². The third-order valence-corrected chi connectivity index (χ3v) is 3.88. The summed E-state index contributed by atoms with van der Waals surface area (Å²) in [5.41, 5.74) is 0.902. The number of para-hydroxylation sites is 2. The second kappa shape index (κ2) is 5.88. The molecule has 1 heterocycles. The summed E-state index contributed by atoms with van der Waals surface area (Å²) in [5.74, 6) is 1.80. The maximum Gasteiger partial charge on any atom is 0.210 e. The Morgan fingerprint density at radius 2 is 2.18 bits per heavy atom. The molecule has 0 aliphatic carbocycles. The van der Waals surface area contributed by atoms with Crippen molar-refractivity contribution in [1.82, 2.24) is 10.2 Å². The van der Waals surface area contributed by atoms with Gasteiger partial charge in [-0.2, -0.15) is 0 Å². The maximum atomic E-state index is 5.26. The van der Waals surface area contributed by atoms with Gasteiger partial charge in [-0.1, -0.05) is 42.2 Å². The van der Waals surface area contributed by atoms with Crippen LogP contribution in [0.2, 0.25) is 0 Å². The van der Waals surface area contributed by atoms with Gasteiger partial charge in [0.2, 0.25) is 5.13 Å². The van der Waals surface area contributed by atoms with Crippen LogP contribution in [0.25, 0.3) is 0 Å². The van der Waals surface area contributed by atoms with Crippen LogP contribution in [-0.4, -0.2) is 23.1 Å². The summed E-state index contributed by atoms with van der Waals surface area (Å²) in [7, 11) is 1.65. The Labute approximate surface area is 108 Å². The Kier molecular flexibility index (Phi) is 4.22. The van der Waals surface area contributed by atoms with Gasteiger partial charge in [-0.25, -0.2) is 0 Å². The van der Waals surface area contributed by atoms with Crippen LogP contribution in [0, 0.1) is 0 Å². The quantitative estimate of drug-likeness (QED) is 0.841. The monoisotopic (exact) mass is 267 g/mol. The number of benzene rings is 1. The minimum Gasteiger partial charge on any atom is -0.495 e. The molecule has 0 bridgehead atoms. The minimum absolute atomic E-state index is 0.783. The van der Waals surface area contributed by atoms with E-state index in [0.717, 1.165) is 26.7 Å². The molecule has 0 radical (unpaired) electrons. The van der Waals surface area contributed by atoms with E-state index in [9.17, 15) is 0 Å². The Morgan fingerprint density at radius 1 is 1.35 bits per heavy atom. The van der Waals surface area contributed by atoms with E-state index in [1.54, 1.807) is 30.2 Å². The first-order valence-electron chi connectivity index (χ1n) is 5.20. The second-order valence-corrected chi connectivity index (χ2v) is 5.62. The molecule has 1 aromatic heterocycles. The fraction of sp³-hybridized carbons (Fsp3) is 0.273. The van der Waals surface area contributed by atoms with Gasteiger partial charge in [-0.05, 0) is 17.9 Å². The predicted octanol–water partition coefficient (Wildman–Crippen LogP) is 3.40. The molecule has 0 aliphatic rings. The molecule has 90 valence electrons. The molecule has 1 N–H and O–H groups in total. The Balaban J connectivity index is 2.13. The van der Waals surface area contributed by atoms with Crippen molar-refractivity contribution in [2.24, 2.45) is 0 Å². The highest BCUT2D eigenvalue weighted by atomic mass is 32.2. The number of nitrogens with zero attached hydrogens (tertiary/aromatic N) is 2. The zero-order chi connectivity index (χ0) is 12.1. The van der Waals surface area contributed by atoms with Crippen molar-refractivity contribution in [2.75, 3.05) is 18.2 Å². The highest BCUT2D eigenvalue weighted by molar-refractivity contribution is 8.01. The molecule has 0 saturated carbocycles. The number of methoxy groups -OCH3 is 1. The van der Waals surface area contributed by atoms with E-state index < -0.39 is 0 Å². The predicted molar refractivity (Wildman–Crippen MR) is 72.6 cm³/mol. The van der Waals surface area contributed by atoms with E-state index in [4.69, 9.17) is 4.74 Å². The molecule has 0 spiro atoms. The van der Waals surface area contributed by atoms with Crippen LogP contribution < -0.4 is 10.1 Å². The lowest BCUT2D eigenvalue weighted by atomic mass is 10.3. The Morgan fingerprint density at radius 3 is 2.94 bits per heavy atom. The van der Waals surface area contributed by atoms with Gasteiger partial charge >= 0.3 is 0 Å². The molecule has 17 heavy (non-hydrogen) atoms. The molecule has 0 fully saturated rings. The maximum absolute atomic E-state index is 5.26. The number of hydrogen-bond acceptors (Lipinski definition) is 6. The number of aromatic nitrogens is 2. The first kappa shape index (κ1) is 12.2. The highest BCUT2D eigenvalue weighted by Gasteiger charge is 2.06. The SMILES string of the molecule is CCSc1nnc(Nc2ccccc2OC)s1. The van der Waals surface area contributed by atoms with E-state index in [1.807, 2.05) is 24.3 Å². The van der Waals surface area contributed by atoms with Gasteiger partial charge in [0.05, 0.1) is 12.8 Å². The Bertz CT molecular complexity index is 487. The molecule has 0 atom stereocenters. The van der Waals surface area contributed by atoms with Gasteiger partial charge in [-0.15, -0.1) is 10.2 Å². The Hall–Kier alpha value is -1.27. The van der Waals surface area contributed by atoms with Crippen molar-refractivity contribution in [3.63, 3.8) is 0 Å². The topological polar surface area (TPSA) is 47.0 Å². The number of rotatable bonds is 5. The van der Waals surface area contributed by atoms with Gasteiger partial charge in [0.1, 0.15) is 5.75 Å². The summed E-state index contributed by atoms with van der Waals surface area (Å²) >= 11 is 3.24. The van der Waals surface area contributed by atoms with Crippen LogP contribution in [0.1, 0.15) is 6.92 Å². The molecular weight excluding hydrogens is 254 g/mol. The third kappa shape index (κ3) is 3.10. The zero-order valence-electron chi connectivity index (χ0n) is 9.64. The first-order valence-corrected chi connectivity index (χ1v) is 7.00. The van der Waals surface area contributed by atoms with Crippen molar-refractivity contribution in [1.29, 1.82) is 0 Å². The lowest BCUT2D eigenvalue weighted by molar-refractivity contribution is 0.417. The molecular formula is C11H13N3OS2. The standard InChI is InChI=1S/C11H13N3OS2/c1-3-16-11-14-13-10(17-11)12-8-6-4-5-7-9(8)15-2/h4-7H,3H2,1-2H3,(H,12,13). The molecule has 2 aromatic rings. The van der Waals surface area contributed by atoms with E-state index in [1.165, 1.54) is 0 Å². The number of anilines is 2. The molecule has 0 unspecified atom stereocenters. The summed E-state index contributed by atoms with van der Waals surface area (Å²) in [6.45, 7) is 2.10. The van der Waals surface area contributed by atoms with Gasteiger partial charge < -0.3 is 10.1 Å². The zero-order valence-corrected chi connectivity index (χ0v) is 11.3. The number of thioether (sulfide) groups is 1. The third-order valence-electron chi connectivity index (χ3n) is 2.02. The smallest absolute Gasteiger partial charge is 0.210 e. The van der Waals surface area contributed by atoms with Crippen LogP contribution in [0.4, 0.5) is 10.8 Å². The molecule has 4 nitrogen and oxygen atoms in total. The molecule has 0 amide bonds. The average molecular weight is 267 g/mol. The summed E-state index contributed by atoms with van der Waals surface area (Å²) < 4.78 is 6.24. The lowest BCUT2D eigenvalue weighted by Crippen LogP contribution is -1.93. The van der Waals surface area contributed by atoms with E-state index in [2.05, 4.69) is 22.4 Å². The summed E-state index contributed by atoms with van der Waals surface area (Å²) in [6.07, 6.45) is 0. The van der Waals surface area contributed by atoms with E-state index >= 15 is 0 Å². The molecule has 6 heteroatoms. The second-order valence-electron chi connectivity index (χ2n) is 3.13. The summed E-state index contributed by atoms with van der Waals surface area (Å²) in [5, 5.41) is 12.2. The fourth-order valence-electron chi connectivity index (χ4n) is 1.31. The fourth-order valence-corrected chi connectivity index (χ4v) is 2.97. The first-order chi connectivity index (χ1) is 8.33. The molecule has 2 rings (SSSR count). The summed E-state index contributed by atoms with van der Waals surface area (Å²) in [4.78, 5) is 0. The number of ether oxygens (including phenoxy) is 1. The highest BCUT2D eigenvalue weighted by Crippen LogP contribution is 2.31. The number of hydrogen-bond donors (Lipinski definition) is 1. The van der Waals surface area contributed by atoms with Gasteiger partial charge in [0, 0.05) is 0 Å². The van der Waals surface area contributed by atoms with Crippen molar-refractivity contribution in [3.05, 3.63) is 24.3 Å². The lowest BCUT2D eigenvalue weighted by Gasteiger charge is -2.07. The summed E-state index contributed by atoms with van der Waals surface area (Å²) in [6, 6.07) is 7.74. The largest absolute Gasteiger partial charge is 0.495 e. The minimum atomic E-state index is 0.783. The molecule has 1 aromatic carbocycles. The van der Waals surface area contributed by atoms with Crippen LogP contribution in [0.5, 0.6) is 5.75 Å². The van der Waals surface area contributed by atoms with E-state index in [-0.39, 0.29) is 0 Å². The van der Waals surface area contributed by atoms with E-state index in [0.29, 0.717) is 0 Å². The van der Waals surface area contributed by atoms with Crippen LogP contribution in [0.15, 0.2) is 28.6 Å². The van der Waals surface area contributed by atoms with Crippen molar-refractivity contribution < 1.29 is 4.74 Å². The average Bonchev–Trinajstić information content (AvgIpc) is 2.78. The van der Waals surface area contributed by atoms with Crippen LogP contribution in [-0.2, 0) is 0 Å². The molecule has 0 saturated heterocycles. The normalized spacial score (nSPS) is 10.2. The van der Waals surface area contributed by atoms with Crippen molar-refractivity contribution in [3.8, 4) is 5.75 Å². The van der Waals surface area contributed by atoms with Crippen LogP contribution in [0.3, 0.4) is 0 Å². The van der Waals surface area contributed by atoms with Crippen molar-refractivity contribution >= 4 is 33.9 Å². The molecule has 0 aliphatic heterocycles. The van der Waals surface area contributed by atoms with Crippen molar-refractivity contribution in [2.45, 2.75) is 11.3 Å². The van der Waals surface area contributed by atoms with Gasteiger partial charge in [-0.3, -0.25) is 0 Å².